The molecule has 2 fully saturated rings. The summed E-state index contributed by atoms with van der Waals surface area (Å²) in [7, 11) is -3.37. The molecule has 0 aromatic carbocycles. The number of guanidine groups is 1. The number of hydrogen-bond donors (Lipinski definition) is 1. The van der Waals surface area contributed by atoms with E-state index >= 15 is 0 Å². The molecule has 0 amide bonds. The van der Waals surface area contributed by atoms with Crippen molar-refractivity contribution in [2.75, 3.05) is 39.3 Å². The molecular formula is C18H32IN5O3S. The van der Waals surface area contributed by atoms with Crippen LogP contribution in [0.25, 0.3) is 0 Å². The summed E-state index contributed by atoms with van der Waals surface area (Å²) >= 11 is 0. The van der Waals surface area contributed by atoms with Gasteiger partial charge < -0.3 is 14.7 Å². The number of halogens is 1. The molecule has 1 N–H and O–H groups in total. The van der Waals surface area contributed by atoms with E-state index < -0.39 is 10.0 Å². The van der Waals surface area contributed by atoms with Crippen molar-refractivity contribution in [3.63, 3.8) is 0 Å². The van der Waals surface area contributed by atoms with Crippen LogP contribution >= 0.6 is 24.0 Å². The molecule has 1 saturated carbocycles. The molecule has 160 valence electrons. The van der Waals surface area contributed by atoms with Crippen LogP contribution in [0.5, 0.6) is 0 Å². The smallest absolute Gasteiger partial charge is 0.220 e. The van der Waals surface area contributed by atoms with Crippen molar-refractivity contribution in [3.05, 3.63) is 18.0 Å². The highest BCUT2D eigenvalue weighted by molar-refractivity contribution is 14.0. The summed E-state index contributed by atoms with van der Waals surface area (Å²) in [5, 5.41) is 7.08. The lowest BCUT2D eigenvalue weighted by molar-refractivity contribution is 0.259. The molecule has 1 aromatic heterocycles. The zero-order valence-corrected chi connectivity index (χ0v) is 19.7. The third-order valence-electron chi connectivity index (χ3n) is 5.31. The van der Waals surface area contributed by atoms with Gasteiger partial charge in [-0.2, -0.15) is 4.31 Å². The van der Waals surface area contributed by atoms with Crippen LogP contribution in [-0.4, -0.2) is 68.0 Å². The summed E-state index contributed by atoms with van der Waals surface area (Å²) in [6.45, 7) is 5.97. The zero-order valence-electron chi connectivity index (χ0n) is 16.5. The zero-order chi connectivity index (χ0) is 19.1. The topological polar surface area (TPSA) is 91.0 Å². The first-order valence-electron chi connectivity index (χ1n) is 9.99. The SMILES string of the molecule is CCNC(=NCC1CCCCC1)N1CCN(S(=O)(=O)Cc2ccon2)CC1.I. The van der Waals surface area contributed by atoms with Crippen LogP contribution in [0.15, 0.2) is 21.8 Å². The Bertz CT molecular complexity index is 697. The normalized spacial score (nSPS) is 20.0. The maximum absolute atomic E-state index is 12.6. The summed E-state index contributed by atoms with van der Waals surface area (Å²) in [5.74, 6) is 1.49. The summed E-state index contributed by atoms with van der Waals surface area (Å²) in [6, 6.07) is 1.59. The Labute approximate surface area is 185 Å². The highest BCUT2D eigenvalue weighted by atomic mass is 127. The molecule has 8 nitrogen and oxygen atoms in total. The molecule has 28 heavy (non-hydrogen) atoms. The second-order valence-corrected chi connectivity index (χ2v) is 9.30. The molecule has 1 aliphatic carbocycles. The van der Waals surface area contributed by atoms with E-state index in [9.17, 15) is 8.42 Å². The largest absolute Gasteiger partial charge is 0.364 e. The van der Waals surface area contributed by atoms with E-state index in [4.69, 9.17) is 9.52 Å². The molecule has 0 bridgehead atoms. The third-order valence-corrected chi connectivity index (χ3v) is 7.12. The molecule has 0 unspecified atom stereocenters. The van der Waals surface area contributed by atoms with Gasteiger partial charge in [0, 0.05) is 45.3 Å². The maximum Gasteiger partial charge on any atom is 0.220 e. The molecule has 0 spiro atoms. The maximum atomic E-state index is 12.6. The van der Waals surface area contributed by atoms with Crippen molar-refractivity contribution < 1.29 is 12.9 Å². The van der Waals surface area contributed by atoms with E-state index in [1.807, 2.05) is 0 Å². The van der Waals surface area contributed by atoms with Crippen LogP contribution in [0, 0.1) is 5.92 Å². The lowest BCUT2D eigenvalue weighted by Crippen LogP contribution is -2.54. The van der Waals surface area contributed by atoms with E-state index in [-0.39, 0.29) is 29.7 Å². The summed E-state index contributed by atoms with van der Waals surface area (Å²) in [5.41, 5.74) is 0.444. The van der Waals surface area contributed by atoms with E-state index in [2.05, 4.69) is 22.3 Å². The highest BCUT2D eigenvalue weighted by Crippen LogP contribution is 2.23. The van der Waals surface area contributed by atoms with Gasteiger partial charge in [-0.3, -0.25) is 4.99 Å². The van der Waals surface area contributed by atoms with Crippen molar-refractivity contribution in [3.8, 4) is 0 Å². The molecule has 1 aliphatic heterocycles. The van der Waals surface area contributed by atoms with Gasteiger partial charge in [0.2, 0.25) is 10.0 Å². The average molecular weight is 525 g/mol. The second kappa shape index (κ2) is 11.3. The Balaban J connectivity index is 0.00000280. The number of piperazine rings is 1. The number of hydrogen-bond acceptors (Lipinski definition) is 5. The van der Waals surface area contributed by atoms with Gasteiger partial charge in [0.25, 0.3) is 0 Å². The van der Waals surface area contributed by atoms with Crippen LogP contribution in [0.1, 0.15) is 44.7 Å². The first-order valence-corrected chi connectivity index (χ1v) is 11.6. The van der Waals surface area contributed by atoms with Gasteiger partial charge in [0.1, 0.15) is 12.0 Å². The molecule has 2 heterocycles. The van der Waals surface area contributed by atoms with Crippen LogP contribution in [0.2, 0.25) is 0 Å². The van der Waals surface area contributed by atoms with E-state index in [1.54, 1.807) is 10.4 Å². The van der Waals surface area contributed by atoms with Gasteiger partial charge in [-0.1, -0.05) is 24.4 Å². The fourth-order valence-electron chi connectivity index (χ4n) is 3.78. The molecule has 1 aromatic rings. The van der Waals surface area contributed by atoms with Gasteiger partial charge in [-0.15, -0.1) is 24.0 Å². The lowest BCUT2D eigenvalue weighted by Gasteiger charge is -2.36. The minimum atomic E-state index is -3.37. The van der Waals surface area contributed by atoms with E-state index in [0.717, 1.165) is 19.0 Å². The molecule has 0 radical (unpaired) electrons. The van der Waals surface area contributed by atoms with Crippen LogP contribution in [0.3, 0.4) is 0 Å². The quantitative estimate of drug-likeness (QED) is 0.348. The Kier molecular flexibility index (Phi) is 9.48. The van der Waals surface area contributed by atoms with Crippen molar-refractivity contribution in [2.45, 2.75) is 44.8 Å². The molecule has 10 heteroatoms. The number of sulfonamides is 1. The highest BCUT2D eigenvalue weighted by Gasteiger charge is 2.29. The molecule has 0 atom stereocenters. The molecule has 1 saturated heterocycles. The minimum absolute atomic E-state index is 0. The van der Waals surface area contributed by atoms with E-state index in [0.29, 0.717) is 37.8 Å². The molecule has 3 rings (SSSR count). The lowest BCUT2D eigenvalue weighted by atomic mass is 9.89. The van der Waals surface area contributed by atoms with Crippen molar-refractivity contribution in [2.24, 2.45) is 10.9 Å². The third kappa shape index (κ3) is 6.58. The van der Waals surface area contributed by atoms with Crippen LogP contribution in [0.4, 0.5) is 0 Å². The predicted molar refractivity (Wildman–Crippen MR) is 120 cm³/mol. The first kappa shape index (κ1) is 23.4. The van der Waals surface area contributed by atoms with Gasteiger partial charge in [-0.25, -0.2) is 8.42 Å². The Morgan fingerprint density at radius 2 is 1.96 bits per heavy atom. The predicted octanol–water partition coefficient (Wildman–Crippen LogP) is 2.29. The summed E-state index contributed by atoms with van der Waals surface area (Å²) < 4.78 is 31.4. The Hall–Kier alpha value is -0.880. The minimum Gasteiger partial charge on any atom is -0.364 e. The Morgan fingerprint density at radius 1 is 1.25 bits per heavy atom. The van der Waals surface area contributed by atoms with Crippen LogP contribution in [-0.2, 0) is 15.8 Å². The monoisotopic (exact) mass is 525 g/mol. The first-order chi connectivity index (χ1) is 13.1. The van der Waals surface area contributed by atoms with Gasteiger partial charge in [-0.05, 0) is 25.7 Å². The van der Waals surface area contributed by atoms with Crippen molar-refractivity contribution >= 4 is 40.0 Å². The standard InChI is InChI=1S/C18H31N5O3S.HI/c1-2-19-18(20-14-16-6-4-3-5-7-16)22-9-11-23(12-10-22)27(24,25)15-17-8-13-26-21-17;/h8,13,16H,2-7,9-12,14-15H2,1H3,(H,19,20);1H. The van der Waals surface area contributed by atoms with Crippen molar-refractivity contribution in [1.29, 1.82) is 0 Å². The van der Waals surface area contributed by atoms with Crippen molar-refractivity contribution in [1.82, 2.24) is 19.7 Å². The number of aromatic nitrogens is 1. The van der Waals surface area contributed by atoms with Crippen LogP contribution < -0.4 is 5.32 Å². The number of nitrogens with zero attached hydrogens (tertiary/aromatic N) is 4. The summed E-state index contributed by atoms with van der Waals surface area (Å²) in [6.07, 6.45) is 7.94. The summed E-state index contributed by atoms with van der Waals surface area (Å²) in [4.78, 5) is 7.02. The fourth-order valence-corrected chi connectivity index (χ4v) is 5.20. The average Bonchev–Trinajstić information content (AvgIpc) is 3.18. The van der Waals surface area contributed by atoms with Gasteiger partial charge in [0.05, 0.1) is 5.69 Å². The second-order valence-electron chi connectivity index (χ2n) is 7.33. The molecule has 2 aliphatic rings. The van der Waals surface area contributed by atoms with Gasteiger partial charge >= 0.3 is 0 Å². The number of rotatable bonds is 6. The number of nitrogens with one attached hydrogen (secondary N) is 1. The Morgan fingerprint density at radius 3 is 2.57 bits per heavy atom. The van der Waals surface area contributed by atoms with Gasteiger partial charge in [0.15, 0.2) is 5.96 Å². The molecular weight excluding hydrogens is 493 g/mol. The fraction of sp³-hybridized carbons (Fsp3) is 0.778. The van der Waals surface area contributed by atoms with E-state index in [1.165, 1.54) is 38.4 Å². The number of aliphatic imine (C=N–C) groups is 1.